The molecule has 2 aliphatic heterocycles. The summed E-state index contributed by atoms with van der Waals surface area (Å²) in [6.07, 6.45) is 3.53. The van der Waals surface area contributed by atoms with E-state index in [1.807, 2.05) is 0 Å². The maximum atomic E-state index is 14.3. The number of anilines is 2. The molecular weight excluding hydrogens is 459 g/mol. The molecule has 0 spiro atoms. The number of halogens is 1. The van der Waals surface area contributed by atoms with E-state index >= 15 is 0 Å². The van der Waals surface area contributed by atoms with Crippen molar-refractivity contribution in [3.05, 3.63) is 52.8 Å². The van der Waals surface area contributed by atoms with Crippen molar-refractivity contribution in [2.75, 3.05) is 30.5 Å². The van der Waals surface area contributed by atoms with Crippen LogP contribution >= 0.6 is 0 Å². The van der Waals surface area contributed by atoms with Gasteiger partial charge in [0.15, 0.2) is 0 Å². The Labute approximate surface area is 200 Å². The van der Waals surface area contributed by atoms with E-state index in [0.717, 1.165) is 48.8 Å². The van der Waals surface area contributed by atoms with Crippen LogP contribution in [0.4, 0.5) is 15.8 Å². The van der Waals surface area contributed by atoms with Crippen LogP contribution in [0.3, 0.4) is 0 Å². The largest absolute Gasteiger partial charge is 0.492 e. The van der Waals surface area contributed by atoms with Crippen LogP contribution in [-0.2, 0) is 17.7 Å². The van der Waals surface area contributed by atoms with E-state index in [1.165, 1.54) is 18.2 Å². The third-order valence-electron chi connectivity index (χ3n) is 7.34. The maximum absolute atomic E-state index is 14.3. The molecule has 2 heterocycles. The number of carbonyl (C=O) groups is 1. The Balaban J connectivity index is 1.57. The highest BCUT2D eigenvalue weighted by atomic mass is 32.2. The second-order valence-corrected chi connectivity index (χ2v) is 10.3. The van der Waals surface area contributed by atoms with Crippen LogP contribution < -0.4 is 9.04 Å². The molecule has 182 valence electrons. The van der Waals surface area contributed by atoms with E-state index in [9.17, 15) is 23.1 Å². The van der Waals surface area contributed by atoms with Crippen LogP contribution in [0, 0.1) is 17.7 Å². The van der Waals surface area contributed by atoms with Gasteiger partial charge in [0.05, 0.1) is 18.0 Å². The fourth-order valence-corrected chi connectivity index (χ4v) is 6.21. The number of piperidine rings is 1. The van der Waals surface area contributed by atoms with E-state index in [0.29, 0.717) is 30.2 Å². The van der Waals surface area contributed by atoms with Crippen LogP contribution in [0.1, 0.15) is 53.6 Å². The molecule has 2 aromatic rings. The molecule has 0 amide bonds. The summed E-state index contributed by atoms with van der Waals surface area (Å²) in [5.74, 6) is -0.425. The second kappa shape index (κ2) is 9.28. The van der Waals surface area contributed by atoms with Gasteiger partial charge in [-0.15, -0.1) is 0 Å². The predicted octanol–water partition coefficient (Wildman–Crippen LogP) is 4.57. The lowest BCUT2D eigenvalue weighted by Gasteiger charge is -2.33. The van der Waals surface area contributed by atoms with Crippen LogP contribution in [0.15, 0.2) is 30.3 Å². The average molecular weight is 489 g/mol. The summed E-state index contributed by atoms with van der Waals surface area (Å²) in [6, 6.07) is 7.46. The molecule has 0 bridgehead atoms. The summed E-state index contributed by atoms with van der Waals surface area (Å²) in [4.78, 5) is 14.7. The molecule has 34 heavy (non-hydrogen) atoms. The van der Waals surface area contributed by atoms with Crippen LogP contribution in [0.2, 0.25) is 0 Å². The number of aromatic carboxylic acids is 1. The van der Waals surface area contributed by atoms with E-state index in [4.69, 9.17) is 4.74 Å². The van der Waals surface area contributed by atoms with Crippen molar-refractivity contribution >= 4 is 28.6 Å². The summed E-state index contributed by atoms with van der Waals surface area (Å²) in [7, 11) is 0. The van der Waals surface area contributed by atoms with Gasteiger partial charge in [-0.3, -0.25) is 4.55 Å². The quantitative estimate of drug-likeness (QED) is 0.555. The van der Waals surface area contributed by atoms with Crippen molar-refractivity contribution in [3.8, 4) is 5.75 Å². The van der Waals surface area contributed by atoms with Crippen LogP contribution in [0.25, 0.3) is 0 Å². The van der Waals surface area contributed by atoms with Crippen molar-refractivity contribution in [1.29, 1.82) is 0 Å². The van der Waals surface area contributed by atoms with Gasteiger partial charge in [-0.25, -0.2) is 17.7 Å². The first-order valence-corrected chi connectivity index (χ1v) is 12.9. The molecule has 1 aliphatic carbocycles. The zero-order valence-electron chi connectivity index (χ0n) is 19.1. The van der Waals surface area contributed by atoms with Gasteiger partial charge < -0.3 is 14.7 Å². The number of nitrogens with zero attached hydrogens (tertiary/aromatic N) is 2. The first-order valence-electron chi connectivity index (χ1n) is 11.8. The lowest BCUT2D eigenvalue weighted by molar-refractivity contribution is 0.0692. The third kappa shape index (κ3) is 4.32. The molecule has 0 radical (unpaired) electrons. The van der Waals surface area contributed by atoms with Crippen molar-refractivity contribution in [1.82, 2.24) is 4.90 Å². The molecule has 2 fully saturated rings. The fourth-order valence-electron chi connectivity index (χ4n) is 5.54. The van der Waals surface area contributed by atoms with Crippen molar-refractivity contribution < 1.29 is 27.8 Å². The number of ether oxygens (including phenoxy) is 1. The summed E-state index contributed by atoms with van der Waals surface area (Å²) in [6.45, 7) is 5.42. The Morgan fingerprint density at radius 1 is 1.29 bits per heavy atom. The number of hydrogen-bond acceptors (Lipinski definition) is 4. The van der Waals surface area contributed by atoms with E-state index in [-0.39, 0.29) is 28.8 Å². The summed E-state index contributed by atoms with van der Waals surface area (Å²) in [5, 5.41) is 10.1. The summed E-state index contributed by atoms with van der Waals surface area (Å²) in [5.41, 5.74) is 1.69. The summed E-state index contributed by atoms with van der Waals surface area (Å²) < 4.78 is 44.2. The van der Waals surface area contributed by atoms with Gasteiger partial charge in [0.1, 0.15) is 17.1 Å². The zero-order valence-corrected chi connectivity index (χ0v) is 19.9. The van der Waals surface area contributed by atoms with Crippen LogP contribution in [0.5, 0.6) is 5.75 Å². The van der Waals surface area contributed by atoms with E-state index in [1.54, 1.807) is 12.1 Å². The third-order valence-corrected chi connectivity index (χ3v) is 8.04. The SMILES string of the molecule is CCN1CCCC(Cc2cc(F)ccc2N(c2ccc3c(c2C(=O)O)OC[C@@H]2C[C@H]32)S(=O)O)C1. The molecule has 1 saturated heterocycles. The minimum atomic E-state index is -2.58. The fraction of sp³-hybridized carbons (Fsp3) is 0.480. The molecule has 5 rings (SSSR count). The number of carboxylic acids is 1. The monoisotopic (exact) mass is 488 g/mol. The molecule has 7 nitrogen and oxygen atoms in total. The Bertz CT molecular complexity index is 1140. The van der Waals surface area contributed by atoms with E-state index < -0.39 is 23.1 Å². The van der Waals surface area contributed by atoms with Crippen LogP contribution in [-0.4, -0.2) is 51.0 Å². The minimum absolute atomic E-state index is 0.0675. The number of carboxylic acid groups (broad SMARTS) is 1. The predicted molar refractivity (Wildman–Crippen MR) is 128 cm³/mol. The number of fused-ring (bicyclic) bond motifs is 3. The minimum Gasteiger partial charge on any atom is -0.492 e. The van der Waals surface area contributed by atoms with Crippen molar-refractivity contribution in [3.63, 3.8) is 0 Å². The lowest BCUT2D eigenvalue weighted by atomic mass is 9.90. The lowest BCUT2D eigenvalue weighted by Crippen LogP contribution is -2.36. The Morgan fingerprint density at radius 2 is 2.09 bits per heavy atom. The van der Waals surface area contributed by atoms with Gasteiger partial charge in [-0.1, -0.05) is 13.0 Å². The zero-order chi connectivity index (χ0) is 24.0. The maximum Gasteiger partial charge on any atom is 0.341 e. The van der Waals surface area contributed by atoms with Gasteiger partial charge in [-0.05, 0) is 86.0 Å². The van der Waals surface area contributed by atoms with Gasteiger partial charge in [-0.2, -0.15) is 0 Å². The molecule has 1 saturated carbocycles. The van der Waals surface area contributed by atoms with Gasteiger partial charge >= 0.3 is 5.97 Å². The molecule has 9 heteroatoms. The normalized spacial score (nSPS) is 24.5. The molecule has 0 aromatic heterocycles. The molecule has 2 N–H and O–H groups in total. The van der Waals surface area contributed by atoms with Gasteiger partial charge in [0.25, 0.3) is 11.3 Å². The molecule has 2 unspecified atom stereocenters. The molecule has 3 aliphatic rings. The topological polar surface area (TPSA) is 90.3 Å². The highest BCUT2D eigenvalue weighted by molar-refractivity contribution is 7.81. The summed E-state index contributed by atoms with van der Waals surface area (Å²) >= 11 is -2.58. The van der Waals surface area contributed by atoms with Crippen molar-refractivity contribution in [2.45, 2.75) is 38.5 Å². The number of rotatable bonds is 7. The van der Waals surface area contributed by atoms with Gasteiger partial charge in [0.2, 0.25) is 0 Å². The highest BCUT2D eigenvalue weighted by Gasteiger charge is 2.46. The Hall–Kier alpha value is -2.49. The Morgan fingerprint density at radius 3 is 2.82 bits per heavy atom. The second-order valence-electron chi connectivity index (χ2n) is 9.50. The smallest absolute Gasteiger partial charge is 0.341 e. The number of likely N-dealkylation sites (tertiary alicyclic amines) is 1. The Kier molecular flexibility index (Phi) is 6.35. The van der Waals surface area contributed by atoms with Gasteiger partial charge in [0, 0.05) is 12.5 Å². The highest BCUT2D eigenvalue weighted by Crippen LogP contribution is 2.56. The number of hydrogen-bond donors (Lipinski definition) is 2. The first kappa shape index (κ1) is 23.3. The molecular formula is C25H29FN2O5S. The standard InChI is InChI=1S/C25H29FN2O5S/c1-2-27-9-3-4-15(13-27)10-16-11-18(26)5-7-21(16)28(34(31)32)22-8-6-19-20-12-17(20)14-33-24(19)23(22)25(29)30/h5-8,11,15,17,20H,2-4,9-10,12-14H2,1H3,(H,29,30)(H,31,32)/t15?,17-,20-/m0/s1. The average Bonchev–Trinajstić information content (AvgIpc) is 3.60. The molecule has 2 aromatic carbocycles. The van der Waals surface area contributed by atoms with Crippen molar-refractivity contribution in [2.24, 2.45) is 11.8 Å². The molecule has 4 atom stereocenters. The van der Waals surface area contributed by atoms with E-state index in [2.05, 4.69) is 11.8 Å². The number of benzene rings is 2. The first-order chi connectivity index (χ1) is 16.4.